The number of hydrogen-bond donors (Lipinski definition) is 1. The molecule has 0 atom stereocenters. The largest absolute Gasteiger partial charge is 0.497 e. The number of rotatable bonds is 4. The molecular formula is C24H27N5O2. The minimum absolute atomic E-state index is 0.251. The van der Waals surface area contributed by atoms with E-state index in [1.54, 1.807) is 13.3 Å². The summed E-state index contributed by atoms with van der Waals surface area (Å²) < 4.78 is 5.21. The Labute approximate surface area is 182 Å². The van der Waals surface area contributed by atoms with E-state index in [-0.39, 0.29) is 5.91 Å². The number of ether oxygens (including phenoxy) is 1. The van der Waals surface area contributed by atoms with E-state index in [1.165, 1.54) is 5.56 Å². The van der Waals surface area contributed by atoms with E-state index >= 15 is 0 Å². The van der Waals surface area contributed by atoms with Crippen LogP contribution in [0.5, 0.6) is 5.75 Å². The number of nitrogens with zero attached hydrogens (tertiary/aromatic N) is 4. The maximum atomic E-state index is 11.3. The minimum Gasteiger partial charge on any atom is -0.497 e. The van der Waals surface area contributed by atoms with Gasteiger partial charge in [0.15, 0.2) is 5.82 Å². The van der Waals surface area contributed by atoms with E-state index in [1.807, 2.05) is 54.4 Å². The molecule has 0 bridgehead atoms. The van der Waals surface area contributed by atoms with Crippen molar-refractivity contribution < 1.29 is 9.53 Å². The molecule has 1 saturated heterocycles. The van der Waals surface area contributed by atoms with E-state index < -0.39 is 0 Å². The molecule has 0 spiro atoms. The lowest BCUT2D eigenvalue weighted by atomic mass is 10.2. The Balaban J connectivity index is 0.000000166. The van der Waals surface area contributed by atoms with Crippen molar-refractivity contribution >= 4 is 17.4 Å². The Morgan fingerprint density at radius 1 is 1.03 bits per heavy atom. The first-order valence-electron chi connectivity index (χ1n) is 10.6. The van der Waals surface area contributed by atoms with Crippen LogP contribution in [-0.2, 0) is 17.6 Å². The van der Waals surface area contributed by atoms with Crippen molar-refractivity contribution in [3.63, 3.8) is 0 Å². The first-order chi connectivity index (χ1) is 15.2. The zero-order chi connectivity index (χ0) is 21.6. The molecule has 3 heterocycles. The van der Waals surface area contributed by atoms with Gasteiger partial charge in [0, 0.05) is 49.2 Å². The van der Waals surface area contributed by atoms with Crippen LogP contribution in [0.25, 0.3) is 11.5 Å². The van der Waals surface area contributed by atoms with Gasteiger partial charge in [0.25, 0.3) is 0 Å². The van der Waals surface area contributed by atoms with Gasteiger partial charge in [-0.1, -0.05) is 18.2 Å². The van der Waals surface area contributed by atoms with Crippen LogP contribution in [0.4, 0.5) is 11.5 Å². The van der Waals surface area contributed by atoms with E-state index in [2.05, 4.69) is 20.3 Å². The topological polar surface area (TPSA) is 80.2 Å². The van der Waals surface area contributed by atoms with Crippen LogP contribution in [0, 0.1) is 0 Å². The highest BCUT2D eigenvalue weighted by Crippen LogP contribution is 2.29. The van der Waals surface area contributed by atoms with Crippen LogP contribution < -0.4 is 15.0 Å². The highest BCUT2D eigenvalue weighted by molar-refractivity contribution is 5.95. The van der Waals surface area contributed by atoms with E-state index in [9.17, 15) is 4.79 Å². The van der Waals surface area contributed by atoms with Gasteiger partial charge in [-0.2, -0.15) is 0 Å². The number of aromatic nitrogens is 3. The van der Waals surface area contributed by atoms with Crippen LogP contribution in [0.2, 0.25) is 0 Å². The number of carbonyl (C=O) groups is 1. The third kappa shape index (κ3) is 4.66. The van der Waals surface area contributed by atoms with Gasteiger partial charge in [0.1, 0.15) is 17.3 Å². The van der Waals surface area contributed by atoms with Gasteiger partial charge in [-0.25, -0.2) is 9.97 Å². The molecule has 1 aromatic carbocycles. The fourth-order valence-corrected chi connectivity index (χ4v) is 3.94. The number of amides is 1. The molecule has 0 saturated carbocycles. The first kappa shape index (κ1) is 20.8. The number of aryl methyl sites for hydroxylation is 1. The lowest BCUT2D eigenvalue weighted by Crippen LogP contribution is -2.23. The number of hydrogen-bond acceptors (Lipinski definition) is 6. The molecule has 7 nitrogen and oxygen atoms in total. The number of benzene rings is 1. The molecule has 1 amide bonds. The second-order valence-electron chi connectivity index (χ2n) is 7.49. The zero-order valence-electron chi connectivity index (χ0n) is 18.0. The van der Waals surface area contributed by atoms with Gasteiger partial charge < -0.3 is 15.0 Å². The van der Waals surface area contributed by atoms with Gasteiger partial charge >= 0.3 is 0 Å². The molecular weight excluding hydrogens is 390 g/mol. The predicted octanol–water partition coefficient (Wildman–Crippen LogP) is 3.89. The molecule has 1 aliphatic heterocycles. The molecule has 0 unspecified atom stereocenters. The highest BCUT2D eigenvalue weighted by atomic mass is 16.5. The summed E-state index contributed by atoms with van der Waals surface area (Å²) in [6, 6.07) is 13.5. The smallest absolute Gasteiger partial charge is 0.227 e. The monoisotopic (exact) mass is 417 g/mol. The standard InChI is InChI=1S/C14H16N4O.C10H11NO/c1-15-13-10-4-3-5-11(10)17-14(18-13)12-8-9(19-2)6-7-16-12;12-10-7-4-8-11(10)9-5-2-1-3-6-9/h6-8H,3-5H2,1-2H3,(H,15,17,18);1-3,5-6H,4,7-8H2. The van der Waals surface area contributed by atoms with Crippen molar-refractivity contribution in [2.75, 3.05) is 30.9 Å². The average molecular weight is 418 g/mol. The Morgan fingerprint density at radius 2 is 1.87 bits per heavy atom. The van der Waals surface area contributed by atoms with Crippen LogP contribution in [0.15, 0.2) is 48.7 Å². The van der Waals surface area contributed by atoms with Crippen molar-refractivity contribution in [3.05, 3.63) is 59.9 Å². The SMILES string of the molecule is CNc1nc(-c2cc(OC)ccn2)nc2c1CCC2.O=C1CCCN1c1ccccc1. The van der Waals surface area contributed by atoms with Crippen molar-refractivity contribution in [1.29, 1.82) is 0 Å². The van der Waals surface area contributed by atoms with Crippen LogP contribution in [0.3, 0.4) is 0 Å². The van der Waals surface area contributed by atoms with Gasteiger partial charge in [-0.05, 0) is 43.9 Å². The van der Waals surface area contributed by atoms with Gasteiger partial charge in [-0.15, -0.1) is 0 Å². The Kier molecular flexibility index (Phi) is 6.40. The summed E-state index contributed by atoms with van der Waals surface area (Å²) in [4.78, 5) is 26.7. The molecule has 3 aromatic rings. The molecule has 7 heteroatoms. The van der Waals surface area contributed by atoms with Crippen molar-refractivity contribution in [2.24, 2.45) is 0 Å². The fourth-order valence-electron chi connectivity index (χ4n) is 3.94. The molecule has 160 valence electrons. The van der Waals surface area contributed by atoms with E-state index in [0.717, 1.165) is 60.9 Å². The Morgan fingerprint density at radius 3 is 2.58 bits per heavy atom. The molecule has 1 N–H and O–H groups in total. The van der Waals surface area contributed by atoms with Gasteiger partial charge in [0.2, 0.25) is 5.91 Å². The van der Waals surface area contributed by atoms with Crippen molar-refractivity contribution in [2.45, 2.75) is 32.1 Å². The predicted molar refractivity (Wildman–Crippen MR) is 121 cm³/mol. The van der Waals surface area contributed by atoms with E-state index in [4.69, 9.17) is 4.74 Å². The Bertz CT molecular complexity index is 1060. The molecule has 2 aliphatic rings. The van der Waals surface area contributed by atoms with Crippen LogP contribution in [-0.4, -0.2) is 41.6 Å². The third-order valence-electron chi connectivity index (χ3n) is 5.51. The summed E-state index contributed by atoms with van der Waals surface area (Å²) in [6.07, 6.45) is 6.63. The van der Waals surface area contributed by atoms with Crippen LogP contribution >= 0.6 is 0 Å². The number of carbonyl (C=O) groups excluding carboxylic acids is 1. The van der Waals surface area contributed by atoms with Crippen LogP contribution in [0.1, 0.15) is 30.5 Å². The summed E-state index contributed by atoms with van der Waals surface area (Å²) in [5.41, 5.74) is 4.15. The maximum absolute atomic E-state index is 11.3. The van der Waals surface area contributed by atoms with Crippen molar-refractivity contribution in [1.82, 2.24) is 15.0 Å². The molecule has 5 rings (SSSR count). The van der Waals surface area contributed by atoms with Gasteiger partial charge in [-0.3, -0.25) is 9.78 Å². The Hall–Kier alpha value is -3.48. The first-order valence-corrected chi connectivity index (χ1v) is 10.6. The fraction of sp³-hybridized carbons (Fsp3) is 0.333. The summed E-state index contributed by atoms with van der Waals surface area (Å²) >= 11 is 0. The normalized spacial score (nSPS) is 14.6. The average Bonchev–Trinajstić information content (AvgIpc) is 3.48. The summed E-state index contributed by atoms with van der Waals surface area (Å²) in [5, 5.41) is 3.16. The molecule has 0 radical (unpaired) electrons. The zero-order valence-corrected chi connectivity index (χ0v) is 18.0. The quantitative estimate of drug-likeness (QED) is 0.694. The molecule has 2 aromatic heterocycles. The lowest BCUT2D eigenvalue weighted by molar-refractivity contribution is -0.117. The van der Waals surface area contributed by atoms with Crippen molar-refractivity contribution in [3.8, 4) is 17.3 Å². The number of anilines is 2. The third-order valence-corrected chi connectivity index (χ3v) is 5.51. The maximum Gasteiger partial charge on any atom is 0.227 e. The summed E-state index contributed by atoms with van der Waals surface area (Å²) in [6.45, 7) is 0.878. The molecule has 1 aliphatic carbocycles. The number of pyridine rings is 1. The summed E-state index contributed by atoms with van der Waals surface area (Å²) in [5.74, 6) is 2.59. The minimum atomic E-state index is 0.251. The summed E-state index contributed by atoms with van der Waals surface area (Å²) in [7, 11) is 3.53. The number of para-hydroxylation sites is 1. The highest BCUT2D eigenvalue weighted by Gasteiger charge is 2.21. The number of methoxy groups -OCH3 is 1. The number of fused-ring (bicyclic) bond motifs is 1. The lowest BCUT2D eigenvalue weighted by Gasteiger charge is -2.14. The molecule has 1 fully saturated rings. The molecule has 31 heavy (non-hydrogen) atoms. The second kappa shape index (κ2) is 9.55. The second-order valence-corrected chi connectivity index (χ2v) is 7.49. The number of nitrogens with one attached hydrogen (secondary N) is 1. The van der Waals surface area contributed by atoms with E-state index in [0.29, 0.717) is 12.2 Å². The van der Waals surface area contributed by atoms with Gasteiger partial charge in [0.05, 0.1) is 7.11 Å².